The number of piperazine rings is 1. The maximum absolute atomic E-state index is 14.0. The number of hydrogen-bond donors (Lipinski definition) is 1. The Kier molecular flexibility index (Phi) is 10.5. The molecule has 1 fully saturated rings. The number of halogens is 3. The molecular formula is C29H32Cl2FN3O3. The first-order valence-corrected chi connectivity index (χ1v) is 12.9. The normalized spacial score (nSPS) is 15.9. The Morgan fingerprint density at radius 1 is 1.03 bits per heavy atom. The maximum atomic E-state index is 14.0. The topological polar surface area (TPSA) is 61.9 Å². The zero-order valence-corrected chi connectivity index (χ0v) is 22.9. The first-order valence-electron chi connectivity index (χ1n) is 12.4. The van der Waals surface area contributed by atoms with E-state index in [1.54, 1.807) is 41.3 Å². The molecule has 0 spiro atoms. The van der Waals surface area contributed by atoms with Gasteiger partial charge in [-0.25, -0.2) is 4.39 Å². The summed E-state index contributed by atoms with van der Waals surface area (Å²) in [6, 6.07) is 21.1. The molecule has 0 bridgehead atoms. The molecular weight excluding hydrogens is 528 g/mol. The SMILES string of the molecule is CC(C)[C@H]1CN(C(=O)[C@@H](c2ccc(F)cc2)N(C(=O)CCl)c2ccc(Oc3ccccc3)cc2)CCN1.Cl. The fraction of sp³-hybridized carbons (Fsp3) is 0.310. The molecule has 0 aliphatic carbocycles. The van der Waals surface area contributed by atoms with Gasteiger partial charge in [0.1, 0.15) is 29.2 Å². The lowest BCUT2D eigenvalue weighted by Crippen LogP contribution is -2.57. The zero-order chi connectivity index (χ0) is 26.4. The molecule has 0 unspecified atom stereocenters. The predicted molar refractivity (Wildman–Crippen MR) is 151 cm³/mol. The number of hydrogen-bond acceptors (Lipinski definition) is 4. The van der Waals surface area contributed by atoms with Crippen LogP contribution in [0, 0.1) is 11.7 Å². The van der Waals surface area contributed by atoms with E-state index in [9.17, 15) is 14.0 Å². The third-order valence-corrected chi connectivity index (χ3v) is 6.71. The van der Waals surface area contributed by atoms with Gasteiger partial charge in [0.25, 0.3) is 5.91 Å². The van der Waals surface area contributed by atoms with E-state index in [1.165, 1.54) is 17.0 Å². The molecule has 2 amide bonds. The molecule has 1 heterocycles. The summed E-state index contributed by atoms with van der Waals surface area (Å²) in [6.07, 6.45) is 0. The molecule has 6 nitrogen and oxygen atoms in total. The van der Waals surface area contributed by atoms with E-state index in [0.29, 0.717) is 48.3 Å². The van der Waals surface area contributed by atoms with E-state index in [2.05, 4.69) is 19.2 Å². The number of carbonyl (C=O) groups excluding carboxylic acids is 2. The van der Waals surface area contributed by atoms with Gasteiger partial charge in [0.05, 0.1) is 0 Å². The van der Waals surface area contributed by atoms with Crippen molar-refractivity contribution in [1.29, 1.82) is 0 Å². The first-order chi connectivity index (χ1) is 17.9. The average Bonchev–Trinajstić information content (AvgIpc) is 2.93. The molecule has 1 N–H and O–H groups in total. The van der Waals surface area contributed by atoms with E-state index in [1.807, 2.05) is 30.3 Å². The molecule has 9 heteroatoms. The number of benzene rings is 3. The van der Waals surface area contributed by atoms with Crippen molar-refractivity contribution in [2.24, 2.45) is 5.92 Å². The smallest absolute Gasteiger partial charge is 0.250 e. The Morgan fingerprint density at radius 2 is 1.66 bits per heavy atom. The van der Waals surface area contributed by atoms with Crippen molar-refractivity contribution in [2.75, 3.05) is 30.4 Å². The number of para-hydroxylation sites is 1. The van der Waals surface area contributed by atoms with Crippen LogP contribution in [0.4, 0.5) is 10.1 Å². The summed E-state index contributed by atoms with van der Waals surface area (Å²) in [7, 11) is 0. The van der Waals surface area contributed by atoms with Gasteiger partial charge in [-0.1, -0.05) is 44.2 Å². The quantitative estimate of drug-likeness (QED) is 0.354. The summed E-state index contributed by atoms with van der Waals surface area (Å²) in [5.74, 6) is 0.191. The molecule has 2 atom stereocenters. The van der Waals surface area contributed by atoms with Gasteiger partial charge >= 0.3 is 0 Å². The molecule has 4 rings (SSSR count). The van der Waals surface area contributed by atoms with E-state index in [-0.39, 0.29) is 30.2 Å². The second-order valence-electron chi connectivity index (χ2n) is 9.35. The standard InChI is InChI=1S/C29H31ClFN3O3.ClH/c1-20(2)26-19-33(17-16-32-26)29(36)28(21-8-10-22(31)11-9-21)34(27(35)18-30)23-12-14-25(15-13-23)37-24-6-4-3-5-7-24;/h3-15,20,26,28,32H,16-19H2,1-2H3;1H/t26-,28-;/m1./s1. The third-order valence-electron chi connectivity index (χ3n) is 6.48. The highest BCUT2D eigenvalue weighted by Gasteiger charge is 2.37. The van der Waals surface area contributed by atoms with Crippen molar-refractivity contribution in [3.8, 4) is 11.5 Å². The molecule has 202 valence electrons. The van der Waals surface area contributed by atoms with Crippen LogP contribution in [0.1, 0.15) is 25.5 Å². The summed E-state index contributed by atoms with van der Waals surface area (Å²) < 4.78 is 19.7. The average molecular weight is 560 g/mol. The number of carbonyl (C=O) groups is 2. The van der Waals surface area contributed by atoms with Gasteiger partial charge in [0.15, 0.2) is 0 Å². The Labute approximate surface area is 234 Å². The highest BCUT2D eigenvalue weighted by molar-refractivity contribution is 6.29. The van der Waals surface area contributed by atoms with Crippen molar-refractivity contribution < 1.29 is 18.7 Å². The number of nitrogens with zero attached hydrogens (tertiary/aromatic N) is 2. The van der Waals surface area contributed by atoms with Gasteiger partial charge in [-0.2, -0.15) is 0 Å². The van der Waals surface area contributed by atoms with Crippen LogP contribution < -0.4 is 15.0 Å². The molecule has 1 saturated heterocycles. The van der Waals surface area contributed by atoms with E-state index < -0.39 is 17.8 Å². The van der Waals surface area contributed by atoms with Crippen LogP contribution in [0.15, 0.2) is 78.9 Å². The highest BCUT2D eigenvalue weighted by atomic mass is 35.5. The van der Waals surface area contributed by atoms with Crippen molar-refractivity contribution >= 4 is 41.5 Å². The van der Waals surface area contributed by atoms with Crippen molar-refractivity contribution in [3.05, 3.63) is 90.2 Å². The Balaban J connectivity index is 0.00000400. The minimum absolute atomic E-state index is 0. The summed E-state index contributed by atoms with van der Waals surface area (Å²) in [6.45, 7) is 5.88. The van der Waals surface area contributed by atoms with Crippen molar-refractivity contribution in [3.63, 3.8) is 0 Å². The number of rotatable bonds is 8. The Morgan fingerprint density at radius 3 is 2.26 bits per heavy atom. The summed E-state index contributed by atoms with van der Waals surface area (Å²) in [5, 5.41) is 3.45. The van der Waals surface area contributed by atoms with E-state index in [0.717, 1.165) is 0 Å². The van der Waals surface area contributed by atoms with Gasteiger partial charge in [-0.05, 0) is 60.0 Å². The molecule has 38 heavy (non-hydrogen) atoms. The van der Waals surface area contributed by atoms with Crippen molar-refractivity contribution in [1.82, 2.24) is 10.2 Å². The van der Waals surface area contributed by atoms with Crippen LogP contribution in [0.5, 0.6) is 11.5 Å². The molecule has 1 aliphatic rings. The van der Waals surface area contributed by atoms with Gasteiger partial charge in [-0.3, -0.25) is 14.5 Å². The van der Waals surface area contributed by atoms with Crippen molar-refractivity contribution in [2.45, 2.75) is 25.9 Å². The Bertz CT molecular complexity index is 1190. The largest absolute Gasteiger partial charge is 0.457 e. The van der Waals surface area contributed by atoms with E-state index >= 15 is 0 Å². The molecule has 3 aromatic carbocycles. The first kappa shape index (κ1) is 29.4. The summed E-state index contributed by atoms with van der Waals surface area (Å²) in [5.41, 5.74) is 0.999. The number of ether oxygens (including phenoxy) is 1. The fourth-order valence-corrected chi connectivity index (χ4v) is 4.57. The van der Waals surface area contributed by atoms with Crippen LogP contribution in [-0.2, 0) is 9.59 Å². The van der Waals surface area contributed by atoms with Crippen LogP contribution in [0.3, 0.4) is 0 Å². The van der Waals surface area contributed by atoms with Crippen LogP contribution in [-0.4, -0.2) is 48.3 Å². The minimum atomic E-state index is -1.00. The van der Waals surface area contributed by atoms with Crippen LogP contribution >= 0.6 is 24.0 Å². The van der Waals surface area contributed by atoms with Gasteiger partial charge in [0.2, 0.25) is 5.91 Å². The van der Waals surface area contributed by atoms with E-state index in [4.69, 9.17) is 16.3 Å². The van der Waals surface area contributed by atoms with Gasteiger partial charge in [0, 0.05) is 31.4 Å². The fourth-order valence-electron chi connectivity index (χ4n) is 4.45. The monoisotopic (exact) mass is 559 g/mol. The lowest BCUT2D eigenvalue weighted by atomic mass is 9.98. The maximum Gasteiger partial charge on any atom is 0.250 e. The lowest BCUT2D eigenvalue weighted by Gasteiger charge is -2.40. The zero-order valence-electron chi connectivity index (χ0n) is 21.3. The molecule has 1 aliphatic heterocycles. The Hall–Kier alpha value is -3.13. The number of alkyl halides is 1. The highest BCUT2D eigenvalue weighted by Crippen LogP contribution is 2.32. The molecule has 0 aromatic heterocycles. The minimum Gasteiger partial charge on any atom is -0.457 e. The third kappa shape index (κ3) is 7.04. The second-order valence-corrected chi connectivity index (χ2v) is 9.62. The van der Waals surface area contributed by atoms with Gasteiger partial charge < -0.3 is 15.0 Å². The summed E-state index contributed by atoms with van der Waals surface area (Å²) >= 11 is 6.04. The predicted octanol–water partition coefficient (Wildman–Crippen LogP) is 5.81. The molecule has 0 saturated carbocycles. The molecule has 0 radical (unpaired) electrons. The molecule has 3 aromatic rings. The number of anilines is 1. The second kappa shape index (κ2) is 13.6. The lowest BCUT2D eigenvalue weighted by molar-refractivity contribution is -0.135. The summed E-state index contributed by atoms with van der Waals surface area (Å²) in [4.78, 5) is 30.5. The number of nitrogens with one attached hydrogen (secondary N) is 1. The van der Waals surface area contributed by atoms with Crippen LogP contribution in [0.2, 0.25) is 0 Å². The number of amides is 2. The van der Waals surface area contributed by atoms with Gasteiger partial charge in [-0.15, -0.1) is 24.0 Å². The van der Waals surface area contributed by atoms with Crippen LogP contribution in [0.25, 0.3) is 0 Å².